The van der Waals surface area contributed by atoms with Crippen molar-refractivity contribution in [2.24, 2.45) is 0 Å². The van der Waals surface area contributed by atoms with Crippen molar-refractivity contribution in [1.82, 2.24) is 4.98 Å². The van der Waals surface area contributed by atoms with E-state index >= 15 is 0 Å². The SMILES string of the molecule is CC(C)(C)c1ccc(N)c2ncccc12. The number of benzene rings is 1. The fourth-order valence-electron chi connectivity index (χ4n) is 1.85. The van der Waals surface area contributed by atoms with Crippen LogP contribution in [0.3, 0.4) is 0 Å². The number of nitrogen functional groups attached to an aromatic ring is 1. The van der Waals surface area contributed by atoms with E-state index in [1.807, 2.05) is 12.1 Å². The van der Waals surface area contributed by atoms with Gasteiger partial charge in [-0.15, -0.1) is 0 Å². The molecule has 0 fully saturated rings. The number of anilines is 1. The Morgan fingerprint density at radius 3 is 2.53 bits per heavy atom. The predicted molar refractivity (Wildman–Crippen MR) is 64.9 cm³/mol. The van der Waals surface area contributed by atoms with Crippen LogP contribution < -0.4 is 5.73 Å². The van der Waals surface area contributed by atoms with Gasteiger partial charge in [0.25, 0.3) is 0 Å². The largest absolute Gasteiger partial charge is 0.397 e. The van der Waals surface area contributed by atoms with E-state index < -0.39 is 0 Å². The molecule has 2 rings (SSSR count). The lowest BCUT2D eigenvalue weighted by atomic mass is 9.84. The number of fused-ring (bicyclic) bond motifs is 1. The highest BCUT2D eigenvalue weighted by Crippen LogP contribution is 2.31. The molecule has 0 saturated carbocycles. The average molecular weight is 200 g/mol. The third-order valence-electron chi connectivity index (χ3n) is 2.61. The number of hydrogen-bond acceptors (Lipinski definition) is 2. The van der Waals surface area contributed by atoms with E-state index in [1.165, 1.54) is 5.56 Å². The molecule has 15 heavy (non-hydrogen) atoms. The van der Waals surface area contributed by atoms with Gasteiger partial charge >= 0.3 is 0 Å². The highest BCUT2D eigenvalue weighted by molar-refractivity contribution is 5.92. The van der Waals surface area contributed by atoms with Gasteiger partial charge in [-0.2, -0.15) is 0 Å². The van der Waals surface area contributed by atoms with E-state index in [0.29, 0.717) is 0 Å². The van der Waals surface area contributed by atoms with Crippen molar-refractivity contribution in [1.29, 1.82) is 0 Å². The Hall–Kier alpha value is -1.57. The second-order valence-corrected chi connectivity index (χ2v) is 4.85. The van der Waals surface area contributed by atoms with E-state index in [-0.39, 0.29) is 5.41 Å². The van der Waals surface area contributed by atoms with E-state index in [0.717, 1.165) is 16.6 Å². The highest BCUT2D eigenvalue weighted by atomic mass is 14.7. The molecule has 1 heterocycles. The number of aromatic nitrogens is 1. The number of pyridine rings is 1. The summed E-state index contributed by atoms with van der Waals surface area (Å²) in [6, 6.07) is 8.07. The summed E-state index contributed by atoms with van der Waals surface area (Å²) >= 11 is 0. The van der Waals surface area contributed by atoms with Crippen molar-refractivity contribution >= 4 is 16.6 Å². The molecular formula is C13H16N2. The van der Waals surface area contributed by atoms with Crippen LogP contribution in [-0.2, 0) is 5.41 Å². The fourth-order valence-corrected chi connectivity index (χ4v) is 1.85. The molecule has 0 atom stereocenters. The van der Waals surface area contributed by atoms with Crippen molar-refractivity contribution in [2.75, 3.05) is 5.73 Å². The smallest absolute Gasteiger partial charge is 0.0934 e. The molecule has 0 unspecified atom stereocenters. The number of nitrogens with zero attached hydrogens (tertiary/aromatic N) is 1. The summed E-state index contributed by atoms with van der Waals surface area (Å²) in [4.78, 5) is 4.33. The minimum absolute atomic E-state index is 0.120. The first-order valence-corrected chi connectivity index (χ1v) is 5.14. The monoisotopic (exact) mass is 200 g/mol. The zero-order chi connectivity index (χ0) is 11.1. The summed E-state index contributed by atoms with van der Waals surface area (Å²) in [5.41, 5.74) is 8.97. The molecule has 2 nitrogen and oxygen atoms in total. The second kappa shape index (κ2) is 3.23. The quantitative estimate of drug-likeness (QED) is 0.663. The van der Waals surface area contributed by atoms with Gasteiger partial charge in [0.05, 0.1) is 11.2 Å². The minimum Gasteiger partial charge on any atom is -0.397 e. The van der Waals surface area contributed by atoms with Crippen LogP contribution >= 0.6 is 0 Å². The summed E-state index contributed by atoms with van der Waals surface area (Å²) in [6.45, 7) is 6.60. The van der Waals surface area contributed by atoms with Crippen LogP contribution in [0.4, 0.5) is 5.69 Å². The van der Waals surface area contributed by atoms with E-state index in [9.17, 15) is 0 Å². The van der Waals surface area contributed by atoms with Gasteiger partial charge in [0.1, 0.15) is 0 Å². The molecule has 0 amide bonds. The van der Waals surface area contributed by atoms with Gasteiger partial charge in [-0.25, -0.2) is 0 Å². The van der Waals surface area contributed by atoms with Crippen molar-refractivity contribution in [3.8, 4) is 0 Å². The molecule has 1 aromatic heterocycles. The molecule has 0 saturated heterocycles. The molecule has 0 aliphatic heterocycles. The normalized spacial score (nSPS) is 11.9. The highest BCUT2D eigenvalue weighted by Gasteiger charge is 2.17. The molecule has 1 aromatic carbocycles. The van der Waals surface area contributed by atoms with Gasteiger partial charge in [-0.1, -0.05) is 32.9 Å². The van der Waals surface area contributed by atoms with Gasteiger partial charge in [0, 0.05) is 11.6 Å². The zero-order valence-corrected chi connectivity index (χ0v) is 9.41. The lowest BCUT2D eigenvalue weighted by Gasteiger charge is -2.21. The first-order valence-electron chi connectivity index (χ1n) is 5.14. The summed E-state index contributed by atoms with van der Waals surface area (Å²) < 4.78 is 0. The Morgan fingerprint density at radius 2 is 1.87 bits per heavy atom. The Kier molecular flexibility index (Phi) is 2.14. The lowest BCUT2D eigenvalue weighted by Crippen LogP contribution is -2.12. The van der Waals surface area contributed by atoms with Crippen LogP contribution in [0.15, 0.2) is 30.5 Å². The Balaban J connectivity index is 2.84. The topological polar surface area (TPSA) is 38.9 Å². The van der Waals surface area contributed by atoms with Crippen molar-refractivity contribution < 1.29 is 0 Å². The van der Waals surface area contributed by atoms with Gasteiger partial charge in [-0.05, 0) is 23.1 Å². The molecule has 78 valence electrons. The first-order chi connectivity index (χ1) is 7.00. The number of hydrogen-bond donors (Lipinski definition) is 1. The van der Waals surface area contributed by atoms with E-state index in [2.05, 4.69) is 37.9 Å². The first kappa shape index (κ1) is 9.97. The summed E-state index contributed by atoms with van der Waals surface area (Å²) in [7, 11) is 0. The molecule has 0 bridgehead atoms. The summed E-state index contributed by atoms with van der Waals surface area (Å²) in [5.74, 6) is 0. The van der Waals surface area contributed by atoms with Crippen LogP contribution in [0.25, 0.3) is 10.9 Å². The third-order valence-corrected chi connectivity index (χ3v) is 2.61. The van der Waals surface area contributed by atoms with Gasteiger partial charge in [-0.3, -0.25) is 4.98 Å². The third kappa shape index (κ3) is 1.67. The van der Waals surface area contributed by atoms with Crippen molar-refractivity contribution in [2.45, 2.75) is 26.2 Å². The lowest BCUT2D eigenvalue weighted by molar-refractivity contribution is 0.596. The Labute approximate surface area is 90.1 Å². The van der Waals surface area contributed by atoms with Crippen LogP contribution in [0.1, 0.15) is 26.3 Å². The number of nitrogens with two attached hydrogens (primary N) is 1. The molecule has 2 aromatic rings. The maximum atomic E-state index is 5.91. The Bertz CT molecular complexity index is 495. The summed E-state index contributed by atoms with van der Waals surface area (Å²) in [5, 5.41) is 1.16. The van der Waals surface area contributed by atoms with Crippen LogP contribution in [-0.4, -0.2) is 4.98 Å². The second-order valence-electron chi connectivity index (χ2n) is 4.85. The molecule has 0 radical (unpaired) electrons. The van der Waals surface area contributed by atoms with Crippen molar-refractivity contribution in [3.05, 3.63) is 36.0 Å². The van der Waals surface area contributed by atoms with Crippen LogP contribution in [0, 0.1) is 0 Å². The van der Waals surface area contributed by atoms with E-state index in [4.69, 9.17) is 5.73 Å². The Morgan fingerprint density at radius 1 is 1.13 bits per heavy atom. The average Bonchev–Trinajstić information content (AvgIpc) is 2.17. The van der Waals surface area contributed by atoms with E-state index in [1.54, 1.807) is 6.20 Å². The van der Waals surface area contributed by atoms with Crippen LogP contribution in [0.2, 0.25) is 0 Å². The number of rotatable bonds is 0. The molecular weight excluding hydrogens is 184 g/mol. The van der Waals surface area contributed by atoms with Gasteiger partial charge < -0.3 is 5.73 Å². The molecule has 0 aliphatic rings. The zero-order valence-electron chi connectivity index (χ0n) is 9.41. The van der Waals surface area contributed by atoms with Gasteiger partial charge in [0.15, 0.2) is 0 Å². The molecule has 0 aliphatic carbocycles. The van der Waals surface area contributed by atoms with Crippen molar-refractivity contribution in [3.63, 3.8) is 0 Å². The summed E-state index contributed by atoms with van der Waals surface area (Å²) in [6.07, 6.45) is 1.78. The fraction of sp³-hybridized carbons (Fsp3) is 0.308. The van der Waals surface area contributed by atoms with Gasteiger partial charge in [0.2, 0.25) is 0 Å². The predicted octanol–water partition coefficient (Wildman–Crippen LogP) is 3.11. The minimum atomic E-state index is 0.120. The maximum absolute atomic E-state index is 5.91. The van der Waals surface area contributed by atoms with Crippen LogP contribution in [0.5, 0.6) is 0 Å². The maximum Gasteiger partial charge on any atom is 0.0934 e. The molecule has 0 spiro atoms. The standard InChI is InChI=1S/C13H16N2/c1-13(2,3)10-6-7-11(14)12-9(10)5-4-8-15-12/h4-8H,14H2,1-3H3. The molecule has 2 N–H and O–H groups in total. The molecule has 2 heteroatoms.